The molecule has 0 aromatic heterocycles. The van der Waals surface area contributed by atoms with E-state index in [-0.39, 0.29) is 60.4 Å². The van der Waals surface area contributed by atoms with E-state index in [0.29, 0.717) is 37.3 Å². The second-order valence-electron chi connectivity index (χ2n) is 17.8. The number of Topliss-reactive ketones (excluding diaryl/α,β-unsaturated/α-hetero) is 2. The number of nitrogens with one attached hydrogen (secondary N) is 2. The normalized spacial score (nSPS) is 15.6. The van der Waals surface area contributed by atoms with Crippen LogP contribution in [-0.4, -0.2) is 118 Å². The average molecular weight is 969 g/mol. The number of ether oxygens (including phenoxy) is 4. The van der Waals surface area contributed by atoms with Crippen LogP contribution in [0.4, 0.5) is 27.2 Å². The number of amides is 2. The molecule has 4 aromatic rings. The van der Waals surface area contributed by atoms with E-state index in [1.54, 1.807) is 34.1 Å². The first kappa shape index (κ1) is 54.5. The summed E-state index contributed by atoms with van der Waals surface area (Å²) in [7, 11) is 0. The van der Waals surface area contributed by atoms with E-state index in [1.165, 1.54) is 36.4 Å². The minimum absolute atomic E-state index is 0.00288. The predicted octanol–water partition coefficient (Wildman–Crippen LogP) is 8.62. The molecule has 69 heavy (non-hydrogen) atoms. The molecule has 0 unspecified atom stereocenters. The van der Waals surface area contributed by atoms with Crippen molar-refractivity contribution in [3.8, 4) is 23.0 Å². The topological polar surface area (TPSA) is 210 Å². The summed E-state index contributed by atoms with van der Waals surface area (Å²) in [5.74, 6) is -7.67. The van der Waals surface area contributed by atoms with Crippen LogP contribution in [0.3, 0.4) is 0 Å². The van der Waals surface area contributed by atoms with Gasteiger partial charge in [-0.3, -0.25) is 9.59 Å². The molecular formula is C49H56F4N4O12. The molecule has 2 amide bonds. The molecule has 20 heteroatoms. The molecule has 16 nitrogen and oxygen atoms in total. The van der Waals surface area contributed by atoms with E-state index in [1.807, 2.05) is 41.5 Å². The van der Waals surface area contributed by atoms with Crippen molar-refractivity contribution in [2.75, 3.05) is 39.3 Å². The van der Waals surface area contributed by atoms with Crippen molar-refractivity contribution >= 4 is 35.7 Å². The van der Waals surface area contributed by atoms with Gasteiger partial charge in [0.2, 0.25) is 0 Å². The average Bonchev–Trinajstić information content (AvgIpc) is 3.77. The van der Waals surface area contributed by atoms with E-state index < -0.39 is 57.9 Å². The fourth-order valence-corrected chi connectivity index (χ4v) is 6.55. The molecule has 2 aliphatic heterocycles. The number of likely N-dealkylation sites (tertiary alicyclic amines) is 2. The number of nitrogens with zero attached hydrogens (tertiary/aromatic N) is 2. The maximum atomic E-state index is 13.7. The highest BCUT2D eigenvalue weighted by Crippen LogP contribution is 2.29. The van der Waals surface area contributed by atoms with Crippen LogP contribution in [0.5, 0.6) is 23.0 Å². The number of piperidine rings is 1. The highest BCUT2D eigenvalue weighted by atomic mass is 19.1. The lowest BCUT2D eigenvalue weighted by molar-refractivity contribution is -0.159. The molecule has 2 saturated heterocycles. The molecule has 2 aliphatic rings. The fraction of sp³-hybridized carbons (Fsp3) is 0.388. The van der Waals surface area contributed by atoms with E-state index >= 15 is 0 Å². The first-order valence-electron chi connectivity index (χ1n) is 21.8. The van der Waals surface area contributed by atoms with Gasteiger partial charge in [0.1, 0.15) is 22.7 Å². The minimum Gasteiger partial charge on any atom is -0.473 e. The van der Waals surface area contributed by atoms with Crippen molar-refractivity contribution in [1.82, 2.24) is 20.4 Å². The number of rotatable bonds is 12. The molecule has 2 heterocycles. The molecule has 2 atom stereocenters. The summed E-state index contributed by atoms with van der Waals surface area (Å²) >= 11 is 0. The second-order valence-corrected chi connectivity index (χ2v) is 17.8. The fourth-order valence-electron chi connectivity index (χ4n) is 6.55. The molecule has 0 bridgehead atoms. The highest BCUT2D eigenvalue weighted by molar-refractivity contribution is 6.27. The first-order valence-corrected chi connectivity index (χ1v) is 21.8. The van der Waals surface area contributed by atoms with Gasteiger partial charge in [0, 0.05) is 49.4 Å². The second kappa shape index (κ2) is 24.8. The third-order valence-corrected chi connectivity index (χ3v) is 9.83. The van der Waals surface area contributed by atoms with Crippen LogP contribution in [0.25, 0.3) is 0 Å². The van der Waals surface area contributed by atoms with Gasteiger partial charge in [-0.25, -0.2) is 36.7 Å². The summed E-state index contributed by atoms with van der Waals surface area (Å²) in [6, 6.07) is 19.1. The Morgan fingerprint density at radius 1 is 0.551 bits per heavy atom. The molecular weight excluding hydrogens is 913 g/mol. The van der Waals surface area contributed by atoms with Crippen molar-refractivity contribution in [3.63, 3.8) is 0 Å². The van der Waals surface area contributed by atoms with Gasteiger partial charge in [-0.05, 0) is 134 Å². The third kappa shape index (κ3) is 18.2. The number of aliphatic carboxylic acids is 2. The minimum atomic E-state index is -1.82. The van der Waals surface area contributed by atoms with Gasteiger partial charge in [0.15, 0.2) is 46.3 Å². The Morgan fingerprint density at radius 2 is 0.899 bits per heavy atom. The van der Waals surface area contributed by atoms with Gasteiger partial charge in [-0.2, -0.15) is 0 Å². The summed E-state index contributed by atoms with van der Waals surface area (Å²) in [5, 5.41) is 21.2. The smallest absolute Gasteiger partial charge is 0.414 e. The molecule has 6 rings (SSSR count). The van der Waals surface area contributed by atoms with Crippen molar-refractivity contribution in [2.45, 2.75) is 84.1 Å². The number of ketones is 2. The Kier molecular flexibility index (Phi) is 19.6. The zero-order valence-corrected chi connectivity index (χ0v) is 39.0. The van der Waals surface area contributed by atoms with Crippen LogP contribution in [0.2, 0.25) is 0 Å². The van der Waals surface area contributed by atoms with E-state index in [2.05, 4.69) is 10.6 Å². The Bertz CT molecular complexity index is 2370. The van der Waals surface area contributed by atoms with E-state index in [9.17, 15) is 36.7 Å². The molecule has 0 radical (unpaired) electrons. The van der Waals surface area contributed by atoms with Crippen LogP contribution >= 0.6 is 0 Å². The highest BCUT2D eigenvalue weighted by Gasteiger charge is 2.30. The number of carbonyl (C=O) groups is 6. The number of carbonyl (C=O) groups excluding carboxylic acids is 4. The summed E-state index contributed by atoms with van der Waals surface area (Å²) < 4.78 is 76.1. The number of carboxylic acids is 2. The molecule has 0 spiro atoms. The molecule has 0 aliphatic carbocycles. The summed E-state index contributed by atoms with van der Waals surface area (Å²) in [5.41, 5.74) is -0.220. The number of carboxylic acid groups (broad SMARTS) is 2. The summed E-state index contributed by atoms with van der Waals surface area (Å²) in [6.45, 7) is 13.3. The Morgan fingerprint density at radius 3 is 1.25 bits per heavy atom. The molecule has 0 saturated carbocycles. The lowest BCUT2D eigenvalue weighted by atomic mass is 10.1. The van der Waals surface area contributed by atoms with Crippen LogP contribution in [0, 0.1) is 23.3 Å². The largest absolute Gasteiger partial charge is 0.473 e. The monoisotopic (exact) mass is 968 g/mol. The molecule has 4 aromatic carbocycles. The lowest BCUT2D eigenvalue weighted by Gasteiger charge is -2.34. The van der Waals surface area contributed by atoms with Crippen LogP contribution in [0.1, 0.15) is 81.5 Å². The zero-order valence-electron chi connectivity index (χ0n) is 39.0. The third-order valence-electron chi connectivity index (χ3n) is 9.83. The number of hydrogen-bond acceptors (Lipinski definition) is 12. The van der Waals surface area contributed by atoms with Gasteiger partial charge >= 0.3 is 24.1 Å². The summed E-state index contributed by atoms with van der Waals surface area (Å²) in [4.78, 5) is 70.9. The first-order chi connectivity index (χ1) is 32.4. The maximum absolute atomic E-state index is 13.7. The van der Waals surface area contributed by atoms with Gasteiger partial charge in [-0.15, -0.1) is 0 Å². The van der Waals surface area contributed by atoms with Crippen molar-refractivity contribution in [2.24, 2.45) is 0 Å². The van der Waals surface area contributed by atoms with Gasteiger partial charge < -0.3 is 49.6 Å². The Balaban J connectivity index is 0.000000269. The quantitative estimate of drug-likeness (QED) is 0.0595. The van der Waals surface area contributed by atoms with Gasteiger partial charge in [-0.1, -0.05) is 12.1 Å². The summed E-state index contributed by atoms with van der Waals surface area (Å²) in [6.07, 6.45) is 1.70. The number of para-hydroxylation sites is 2. The van der Waals surface area contributed by atoms with E-state index in [4.69, 9.17) is 38.7 Å². The van der Waals surface area contributed by atoms with Crippen molar-refractivity contribution in [1.29, 1.82) is 0 Å². The van der Waals surface area contributed by atoms with Gasteiger partial charge in [0.25, 0.3) is 0 Å². The standard InChI is InChI=1S/C24H28F2N2O4.C23H26F2N2O4.C2H2O4/c1-24(2,3)32-23(30)28-13-5-6-17(15-28)27-14-21(29)16-9-11-18(12-10-16)31-22-19(25)7-4-8-20(22)26;1-23(2,3)31-22(29)27-12-11-16(14-27)26-13-20(28)15-7-9-17(10-8-15)30-21-18(24)5-4-6-19(21)25;3-1(4)2(5)6/h4,7-12,17,27H,5-6,13-15H2,1-3H3;4-10,16,26H,11-14H2,1-3H3;(H,3,4)(H,5,6)/t17-;16-;/m11./s1. The molecule has 372 valence electrons. The SMILES string of the molecule is CC(C)(C)OC(=O)N1CCC[C@@H](NCC(=O)c2ccc(Oc3c(F)cccc3F)cc2)C1.CC(C)(C)OC(=O)N1CC[C@@H](NCC(=O)c2ccc(Oc3c(F)cccc3F)cc2)C1.O=C(O)C(=O)O. The Labute approximate surface area is 396 Å². The molecule has 4 N–H and O–H groups in total. The number of hydrogen-bond donors (Lipinski definition) is 4. The lowest BCUT2D eigenvalue weighted by Crippen LogP contribution is -2.50. The van der Waals surface area contributed by atoms with Crippen molar-refractivity contribution in [3.05, 3.63) is 119 Å². The zero-order chi connectivity index (χ0) is 51.1. The van der Waals surface area contributed by atoms with Gasteiger partial charge in [0.05, 0.1) is 13.1 Å². The van der Waals surface area contributed by atoms with E-state index in [0.717, 1.165) is 43.5 Å². The maximum Gasteiger partial charge on any atom is 0.414 e. The van der Waals surface area contributed by atoms with Crippen LogP contribution in [-0.2, 0) is 19.1 Å². The van der Waals surface area contributed by atoms with Crippen LogP contribution in [0.15, 0.2) is 84.9 Å². The molecule has 2 fully saturated rings. The Hall–Kier alpha value is -7.06. The predicted molar refractivity (Wildman–Crippen MR) is 243 cm³/mol. The number of halogens is 4. The number of benzene rings is 4. The van der Waals surface area contributed by atoms with Crippen LogP contribution < -0.4 is 20.1 Å². The van der Waals surface area contributed by atoms with Crippen molar-refractivity contribution < 1.29 is 75.5 Å².